The number of hydrogen-bond acceptors (Lipinski definition) is 5. The summed E-state index contributed by atoms with van der Waals surface area (Å²) in [5.41, 5.74) is 4.53. The number of amides is 1. The Bertz CT molecular complexity index is 961. The molecule has 0 unspecified atom stereocenters. The van der Waals surface area contributed by atoms with E-state index in [4.69, 9.17) is 4.52 Å². The zero-order valence-electron chi connectivity index (χ0n) is 18.2. The zero-order chi connectivity index (χ0) is 21.5. The largest absolute Gasteiger partial charge is 0.352 e. The average molecular weight is 407 g/mol. The number of aromatic nitrogens is 2. The van der Waals surface area contributed by atoms with Crippen molar-refractivity contribution in [1.29, 1.82) is 0 Å². The highest BCUT2D eigenvalue weighted by Gasteiger charge is 2.12. The van der Waals surface area contributed by atoms with Crippen LogP contribution in [-0.4, -0.2) is 35.0 Å². The molecule has 0 aliphatic heterocycles. The van der Waals surface area contributed by atoms with Crippen LogP contribution in [0.3, 0.4) is 0 Å². The molecule has 0 aliphatic rings. The van der Waals surface area contributed by atoms with Crippen LogP contribution in [0.2, 0.25) is 0 Å². The normalized spacial score (nSPS) is 11.3. The second kappa shape index (κ2) is 10.2. The Morgan fingerprint density at radius 2 is 1.77 bits per heavy atom. The van der Waals surface area contributed by atoms with Crippen LogP contribution in [0.25, 0.3) is 11.4 Å². The number of nitrogens with zero attached hydrogens (tertiary/aromatic N) is 3. The van der Waals surface area contributed by atoms with Crippen LogP contribution >= 0.6 is 0 Å². The summed E-state index contributed by atoms with van der Waals surface area (Å²) in [5.74, 6) is 1.48. The summed E-state index contributed by atoms with van der Waals surface area (Å²) in [4.78, 5) is 18.8. The standard InChI is InChI=1S/C24H30N4O2/c1-17(2)18-9-11-19(12-10-18)24-26-23(30-27-24)14-13-22(29)25-15-20-7-5-6-8-21(20)16-28(3)4/h5-12,17H,13-16H2,1-4H3,(H,25,29). The molecule has 1 N–H and O–H groups in total. The van der Waals surface area contributed by atoms with Crippen molar-refractivity contribution in [3.8, 4) is 11.4 Å². The first-order valence-electron chi connectivity index (χ1n) is 10.3. The highest BCUT2D eigenvalue weighted by Crippen LogP contribution is 2.20. The Kier molecular flexibility index (Phi) is 7.36. The van der Waals surface area contributed by atoms with Crippen molar-refractivity contribution in [2.45, 2.75) is 45.7 Å². The lowest BCUT2D eigenvalue weighted by molar-refractivity contribution is -0.121. The highest BCUT2D eigenvalue weighted by molar-refractivity contribution is 5.76. The van der Waals surface area contributed by atoms with Crippen LogP contribution in [0.1, 0.15) is 48.8 Å². The molecular formula is C24H30N4O2. The lowest BCUT2D eigenvalue weighted by Crippen LogP contribution is -2.24. The molecule has 6 nitrogen and oxygen atoms in total. The molecule has 1 heterocycles. The van der Waals surface area contributed by atoms with E-state index in [-0.39, 0.29) is 5.91 Å². The monoisotopic (exact) mass is 406 g/mol. The van der Waals surface area contributed by atoms with Crippen molar-refractivity contribution in [1.82, 2.24) is 20.4 Å². The summed E-state index contributed by atoms with van der Waals surface area (Å²) in [5, 5.41) is 7.04. The van der Waals surface area contributed by atoms with Crippen LogP contribution in [-0.2, 0) is 24.3 Å². The number of carbonyl (C=O) groups excluding carboxylic acids is 1. The SMILES string of the molecule is CC(C)c1ccc(-c2noc(CCC(=O)NCc3ccccc3CN(C)C)n2)cc1. The summed E-state index contributed by atoms with van der Waals surface area (Å²) in [6.45, 7) is 5.68. The Morgan fingerprint density at radius 3 is 2.43 bits per heavy atom. The van der Waals surface area contributed by atoms with Crippen LogP contribution in [0.4, 0.5) is 0 Å². The van der Waals surface area contributed by atoms with Gasteiger partial charge in [-0.05, 0) is 36.7 Å². The smallest absolute Gasteiger partial charge is 0.227 e. The fourth-order valence-corrected chi connectivity index (χ4v) is 3.22. The molecule has 3 aromatic rings. The quantitative estimate of drug-likeness (QED) is 0.577. The molecule has 0 saturated carbocycles. The molecular weight excluding hydrogens is 376 g/mol. The third-order valence-electron chi connectivity index (χ3n) is 4.95. The lowest BCUT2D eigenvalue weighted by Gasteiger charge is -2.14. The van der Waals surface area contributed by atoms with E-state index in [2.05, 4.69) is 52.4 Å². The highest BCUT2D eigenvalue weighted by atomic mass is 16.5. The van der Waals surface area contributed by atoms with Gasteiger partial charge in [-0.1, -0.05) is 67.5 Å². The van der Waals surface area contributed by atoms with Crippen molar-refractivity contribution in [3.63, 3.8) is 0 Å². The molecule has 0 radical (unpaired) electrons. The van der Waals surface area contributed by atoms with Crippen molar-refractivity contribution < 1.29 is 9.32 Å². The lowest BCUT2D eigenvalue weighted by atomic mass is 10.0. The van der Waals surface area contributed by atoms with Gasteiger partial charge in [-0.25, -0.2) is 0 Å². The molecule has 158 valence electrons. The fourth-order valence-electron chi connectivity index (χ4n) is 3.22. The van der Waals surface area contributed by atoms with Gasteiger partial charge >= 0.3 is 0 Å². The van der Waals surface area contributed by atoms with Gasteiger partial charge in [0.2, 0.25) is 17.6 Å². The van der Waals surface area contributed by atoms with E-state index >= 15 is 0 Å². The average Bonchev–Trinajstić information content (AvgIpc) is 3.20. The molecule has 0 atom stereocenters. The predicted octanol–water partition coefficient (Wildman–Crippen LogP) is 4.17. The number of carbonyl (C=O) groups is 1. The predicted molar refractivity (Wildman–Crippen MR) is 118 cm³/mol. The fraction of sp³-hybridized carbons (Fsp3) is 0.375. The molecule has 6 heteroatoms. The molecule has 0 fully saturated rings. The minimum Gasteiger partial charge on any atom is -0.352 e. The maximum absolute atomic E-state index is 12.3. The number of rotatable bonds is 9. The summed E-state index contributed by atoms with van der Waals surface area (Å²) >= 11 is 0. The molecule has 0 saturated heterocycles. The zero-order valence-corrected chi connectivity index (χ0v) is 18.2. The van der Waals surface area contributed by atoms with Crippen LogP contribution in [0.15, 0.2) is 53.1 Å². The topological polar surface area (TPSA) is 71.3 Å². The van der Waals surface area contributed by atoms with E-state index in [9.17, 15) is 4.79 Å². The minimum absolute atomic E-state index is 0.0318. The van der Waals surface area contributed by atoms with Crippen LogP contribution < -0.4 is 5.32 Å². The molecule has 0 bridgehead atoms. The molecule has 0 aliphatic carbocycles. The van der Waals surface area contributed by atoms with Gasteiger partial charge in [0.25, 0.3) is 0 Å². The van der Waals surface area contributed by atoms with E-state index in [1.807, 2.05) is 44.4 Å². The molecule has 2 aromatic carbocycles. The van der Waals surface area contributed by atoms with E-state index in [0.29, 0.717) is 37.0 Å². The van der Waals surface area contributed by atoms with Gasteiger partial charge < -0.3 is 14.7 Å². The van der Waals surface area contributed by atoms with Gasteiger partial charge in [-0.15, -0.1) is 0 Å². The van der Waals surface area contributed by atoms with Crippen molar-refractivity contribution in [2.24, 2.45) is 0 Å². The van der Waals surface area contributed by atoms with E-state index in [1.165, 1.54) is 11.1 Å². The van der Waals surface area contributed by atoms with Crippen LogP contribution in [0, 0.1) is 0 Å². The maximum atomic E-state index is 12.3. The van der Waals surface area contributed by atoms with E-state index in [1.54, 1.807) is 0 Å². The Hall–Kier alpha value is -2.99. The molecule has 3 rings (SSSR count). The molecule has 30 heavy (non-hydrogen) atoms. The minimum atomic E-state index is -0.0318. The van der Waals surface area contributed by atoms with E-state index < -0.39 is 0 Å². The van der Waals surface area contributed by atoms with Gasteiger partial charge in [-0.3, -0.25) is 4.79 Å². The number of hydrogen-bond donors (Lipinski definition) is 1. The summed E-state index contributed by atoms with van der Waals surface area (Å²) in [6, 6.07) is 16.3. The Morgan fingerprint density at radius 1 is 1.07 bits per heavy atom. The van der Waals surface area contributed by atoms with E-state index in [0.717, 1.165) is 17.7 Å². The molecule has 0 spiro atoms. The number of nitrogens with one attached hydrogen (secondary N) is 1. The van der Waals surface area contributed by atoms with Gasteiger partial charge in [0.05, 0.1) is 0 Å². The van der Waals surface area contributed by atoms with Gasteiger partial charge in [0, 0.05) is 31.5 Å². The van der Waals surface area contributed by atoms with Crippen molar-refractivity contribution in [3.05, 3.63) is 71.1 Å². The first kappa shape index (κ1) is 21.7. The summed E-state index contributed by atoms with van der Waals surface area (Å²) in [6.07, 6.45) is 0.728. The Balaban J connectivity index is 1.51. The maximum Gasteiger partial charge on any atom is 0.227 e. The van der Waals surface area contributed by atoms with Gasteiger partial charge in [-0.2, -0.15) is 4.98 Å². The second-order valence-corrected chi connectivity index (χ2v) is 8.07. The summed E-state index contributed by atoms with van der Waals surface area (Å²) < 4.78 is 5.33. The number of benzene rings is 2. The number of aryl methyl sites for hydroxylation is 1. The summed E-state index contributed by atoms with van der Waals surface area (Å²) in [7, 11) is 4.07. The second-order valence-electron chi connectivity index (χ2n) is 8.07. The van der Waals surface area contributed by atoms with Gasteiger partial charge in [0.15, 0.2) is 0 Å². The first-order valence-corrected chi connectivity index (χ1v) is 10.3. The third kappa shape index (κ3) is 6.00. The first-order chi connectivity index (χ1) is 14.4. The van der Waals surface area contributed by atoms with Gasteiger partial charge in [0.1, 0.15) is 0 Å². The third-order valence-corrected chi connectivity index (χ3v) is 4.95. The van der Waals surface area contributed by atoms with Crippen LogP contribution in [0.5, 0.6) is 0 Å². The molecule has 1 amide bonds. The van der Waals surface area contributed by atoms with Crippen molar-refractivity contribution >= 4 is 5.91 Å². The van der Waals surface area contributed by atoms with Crippen molar-refractivity contribution in [2.75, 3.05) is 14.1 Å². The Labute approximate surface area is 178 Å². The molecule has 1 aromatic heterocycles.